The number of aryl methyl sites for hydroxylation is 1. The summed E-state index contributed by atoms with van der Waals surface area (Å²) < 4.78 is 17.5. The van der Waals surface area contributed by atoms with Crippen molar-refractivity contribution in [1.82, 2.24) is 25.3 Å². The fourth-order valence-electron chi connectivity index (χ4n) is 4.89. The van der Waals surface area contributed by atoms with Crippen LogP contribution in [-0.2, 0) is 19.1 Å². The Labute approximate surface area is 188 Å². The van der Waals surface area contributed by atoms with Gasteiger partial charge < -0.3 is 14.2 Å². The maximum atomic E-state index is 12.2. The first-order valence-electron chi connectivity index (χ1n) is 10.9. The van der Waals surface area contributed by atoms with E-state index in [4.69, 9.17) is 14.2 Å². The summed E-state index contributed by atoms with van der Waals surface area (Å²) in [5.74, 6) is -2.59. The molecule has 0 unspecified atom stereocenters. The lowest BCUT2D eigenvalue weighted by Crippen LogP contribution is -2.71. The van der Waals surface area contributed by atoms with Gasteiger partial charge >= 0.3 is 17.8 Å². The Hall–Kier alpha value is -3.79. The fraction of sp³-hybridized carbons (Fsp3) is 0.348. The second-order valence-electron chi connectivity index (χ2n) is 8.51. The smallest absolute Gasteiger partial charge is 0.359 e. The average molecular weight is 447 g/mol. The monoisotopic (exact) mass is 447 g/mol. The first kappa shape index (κ1) is 19.9. The lowest BCUT2D eigenvalue weighted by atomic mass is 9.82. The predicted octanol–water partition coefficient (Wildman–Crippen LogP) is 2.11. The maximum Gasteiger partial charge on any atom is 0.359 e. The number of benzene rings is 1. The van der Waals surface area contributed by atoms with E-state index in [1.807, 2.05) is 36.1 Å². The van der Waals surface area contributed by atoms with E-state index in [0.717, 1.165) is 47.2 Å². The number of hydrogen-bond donors (Lipinski definition) is 1. The number of nitrogens with one attached hydrogen (secondary N) is 1. The summed E-state index contributed by atoms with van der Waals surface area (Å²) in [5, 5.41) is 16.8. The van der Waals surface area contributed by atoms with E-state index >= 15 is 0 Å². The van der Waals surface area contributed by atoms with Crippen LogP contribution in [0.1, 0.15) is 18.5 Å². The zero-order valence-corrected chi connectivity index (χ0v) is 17.9. The Morgan fingerprint density at radius 2 is 1.82 bits per heavy atom. The van der Waals surface area contributed by atoms with E-state index in [1.54, 1.807) is 6.07 Å². The van der Waals surface area contributed by atoms with Crippen molar-refractivity contribution in [3.8, 4) is 17.1 Å². The number of ether oxygens (including phenoxy) is 3. The van der Waals surface area contributed by atoms with Gasteiger partial charge in [-0.15, -0.1) is 10.2 Å². The van der Waals surface area contributed by atoms with Crippen molar-refractivity contribution in [2.75, 3.05) is 13.1 Å². The highest BCUT2D eigenvalue weighted by atomic mass is 16.8. The van der Waals surface area contributed by atoms with Gasteiger partial charge in [-0.3, -0.25) is 5.10 Å². The molecule has 10 heteroatoms. The number of aromatic amines is 1. The van der Waals surface area contributed by atoms with Crippen LogP contribution in [0.25, 0.3) is 22.2 Å². The third-order valence-electron chi connectivity index (χ3n) is 6.55. The normalized spacial score (nSPS) is 25.7. The van der Waals surface area contributed by atoms with Gasteiger partial charge in [0, 0.05) is 53.9 Å². The number of esters is 2. The lowest BCUT2D eigenvalue weighted by molar-refractivity contribution is -0.349. The Kier molecular flexibility index (Phi) is 4.44. The first-order chi connectivity index (χ1) is 16.0. The van der Waals surface area contributed by atoms with Gasteiger partial charge in [0.1, 0.15) is 0 Å². The fourth-order valence-corrected chi connectivity index (χ4v) is 4.89. The molecule has 0 saturated carbocycles. The van der Waals surface area contributed by atoms with Gasteiger partial charge in [-0.1, -0.05) is 6.07 Å². The van der Waals surface area contributed by atoms with Crippen LogP contribution in [0.2, 0.25) is 0 Å². The van der Waals surface area contributed by atoms with E-state index in [-0.39, 0.29) is 11.8 Å². The third-order valence-corrected chi connectivity index (χ3v) is 6.55. The van der Waals surface area contributed by atoms with Crippen molar-refractivity contribution in [1.29, 1.82) is 0 Å². The molecule has 1 aromatic carbocycles. The SMILES string of the molecule is Cc1[nH]nc2ccc(-c3ccc(O[C@@H]4C5CCN(CC5)C45OC(=O)C=CC(=O)O5)nn3)cc12. The van der Waals surface area contributed by atoms with Crippen molar-refractivity contribution >= 4 is 22.8 Å². The molecule has 1 N–H and O–H groups in total. The Bertz CT molecular complexity index is 1260. The second-order valence-corrected chi connectivity index (χ2v) is 8.51. The summed E-state index contributed by atoms with van der Waals surface area (Å²) in [6.45, 7) is 3.26. The summed E-state index contributed by atoms with van der Waals surface area (Å²) >= 11 is 0. The molecule has 2 bridgehead atoms. The van der Waals surface area contributed by atoms with Gasteiger partial charge in [-0.2, -0.15) is 5.10 Å². The molecule has 1 spiro atoms. The van der Waals surface area contributed by atoms with Gasteiger partial charge in [-0.05, 0) is 38.0 Å². The van der Waals surface area contributed by atoms with E-state index in [0.29, 0.717) is 18.8 Å². The van der Waals surface area contributed by atoms with Crippen LogP contribution >= 0.6 is 0 Å². The van der Waals surface area contributed by atoms with Crippen molar-refractivity contribution in [3.63, 3.8) is 0 Å². The van der Waals surface area contributed by atoms with Crippen molar-refractivity contribution in [3.05, 3.63) is 48.2 Å². The average Bonchev–Trinajstić information content (AvgIpc) is 3.13. The summed E-state index contributed by atoms with van der Waals surface area (Å²) in [6, 6.07) is 9.42. The van der Waals surface area contributed by atoms with Crippen LogP contribution in [0.15, 0.2) is 42.5 Å². The van der Waals surface area contributed by atoms with Crippen LogP contribution in [0.3, 0.4) is 0 Å². The van der Waals surface area contributed by atoms with Gasteiger partial charge in [0.2, 0.25) is 5.88 Å². The number of piperidine rings is 3. The third kappa shape index (κ3) is 3.25. The molecule has 10 nitrogen and oxygen atoms in total. The predicted molar refractivity (Wildman–Crippen MR) is 115 cm³/mol. The Morgan fingerprint density at radius 1 is 1.06 bits per heavy atom. The molecular formula is C23H21N5O5. The minimum absolute atomic E-state index is 0.0432. The standard InChI is InChI=1S/C23H21N5O5/c1-13-16-12-15(2-3-18(16)26-24-13)17-4-5-19(27-25-17)31-22-14-8-10-28(11-9-14)23(22)32-20(29)6-7-21(30)33-23/h2-7,12,14,22H,8-11H2,1H3,(H,24,26)/t22-/m1/s1. The molecule has 1 atom stereocenters. The quantitative estimate of drug-likeness (QED) is 0.602. The summed E-state index contributed by atoms with van der Waals surface area (Å²) in [4.78, 5) is 26.3. The molecule has 4 aliphatic heterocycles. The highest BCUT2D eigenvalue weighted by Crippen LogP contribution is 2.43. The first-order valence-corrected chi connectivity index (χ1v) is 10.9. The molecule has 3 saturated heterocycles. The minimum atomic E-state index is -1.61. The van der Waals surface area contributed by atoms with Crippen LogP contribution in [0.5, 0.6) is 5.88 Å². The zero-order chi connectivity index (χ0) is 22.6. The van der Waals surface area contributed by atoms with Crippen molar-refractivity contribution in [2.24, 2.45) is 5.92 Å². The van der Waals surface area contributed by atoms with Crippen molar-refractivity contribution in [2.45, 2.75) is 31.8 Å². The van der Waals surface area contributed by atoms with Crippen molar-refractivity contribution < 1.29 is 23.8 Å². The van der Waals surface area contributed by atoms with E-state index in [9.17, 15) is 9.59 Å². The number of rotatable bonds is 3. The molecule has 0 aliphatic carbocycles. The highest BCUT2D eigenvalue weighted by molar-refractivity contribution is 5.93. The number of nitrogens with zero attached hydrogens (tertiary/aromatic N) is 4. The van der Waals surface area contributed by atoms with Crippen LogP contribution in [0.4, 0.5) is 0 Å². The van der Waals surface area contributed by atoms with Gasteiger partial charge in [0.15, 0.2) is 6.10 Å². The molecule has 0 radical (unpaired) electrons. The summed E-state index contributed by atoms with van der Waals surface area (Å²) in [6.07, 6.45) is 3.11. The second kappa shape index (κ2) is 7.38. The number of hydrogen-bond acceptors (Lipinski definition) is 9. The summed E-state index contributed by atoms with van der Waals surface area (Å²) in [5.41, 5.74) is 3.46. The number of carbonyl (C=O) groups excluding carboxylic acids is 2. The molecule has 4 aliphatic rings. The van der Waals surface area contributed by atoms with Crippen LogP contribution in [-0.4, -0.2) is 62.3 Å². The van der Waals surface area contributed by atoms with Gasteiger partial charge in [0.05, 0.1) is 11.2 Å². The molecule has 3 fully saturated rings. The molecule has 7 rings (SSSR count). The Balaban J connectivity index is 1.29. The van der Waals surface area contributed by atoms with E-state index in [2.05, 4.69) is 20.4 Å². The number of aromatic nitrogens is 4. The lowest BCUT2D eigenvalue weighted by Gasteiger charge is -2.54. The number of H-pyrrole nitrogens is 1. The minimum Gasteiger partial charge on any atom is -0.463 e. The number of fused-ring (bicyclic) bond motifs is 3. The highest BCUT2D eigenvalue weighted by Gasteiger charge is 2.62. The topological polar surface area (TPSA) is 120 Å². The molecule has 6 heterocycles. The maximum absolute atomic E-state index is 12.2. The summed E-state index contributed by atoms with van der Waals surface area (Å²) in [7, 11) is 0. The molecule has 33 heavy (non-hydrogen) atoms. The molecular weight excluding hydrogens is 426 g/mol. The zero-order valence-electron chi connectivity index (χ0n) is 17.9. The van der Waals surface area contributed by atoms with E-state index < -0.39 is 24.0 Å². The molecule has 0 amide bonds. The molecule has 168 valence electrons. The molecule has 2 aromatic heterocycles. The largest absolute Gasteiger partial charge is 0.463 e. The van der Waals surface area contributed by atoms with Crippen LogP contribution < -0.4 is 4.74 Å². The van der Waals surface area contributed by atoms with Crippen LogP contribution in [0, 0.1) is 12.8 Å². The number of carbonyl (C=O) groups is 2. The Morgan fingerprint density at radius 3 is 2.52 bits per heavy atom. The van der Waals surface area contributed by atoms with Gasteiger partial charge in [-0.25, -0.2) is 14.5 Å². The molecule has 3 aromatic rings. The van der Waals surface area contributed by atoms with Gasteiger partial charge in [0.25, 0.3) is 0 Å². The van der Waals surface area contributed by atoms with E-state index in [1.165, 1.54) is 0 Å².